The monoisotopic (exact) mass is 307 g/mol. The standard InChI is InChI=1S/C15H17NO4S/c1-16(10-12-7-8-20-14(12)15(17)18)9-11-3-5-13(6-4-11)21(2)19/h3-8H,9-10H2,1-2H3,(H,17,18). The lowest BCUT2D eigenvalue weighted by atomic mass is 10.2. The van der Waals surface area contributed by atoms with E-state index in [1.807, 2.05) is 36.2 Å². The van der Waals surface area contributed by atoms with Gasteiger partial charge in [-0.3, -0.25) is 9.11 Å². The highest BCUT2D eigenvalue weighted by Crippen LogP contribution is 2.15. The molecule has 112 valence electrons. The Morgan fingerprint density at radius 1 is 1.24 bits per heavy atom. The summed E-state index contributed by atoms with van der Waals surface area (Å²) in [6, 6.07) is 9.23. The second-order valence-electron chi connectivity index (χ2n) is 4.85. The summed E-state index contributed by atoms with van der Waals surface area (Å²) in [5, 5.41) is 9.00. The molecule has 1 atom stereocenters. The molecule has 0 bridgehead atoms. The molecular weight excluding hydrogens is 290 g/mol. The molecule has 2 aromatic rings. The van der Waals surface area contributed by atoms with Gasteiger partial charge in [-0.2, -0.15) is 0 Å². The van der Waals surface area contributed by atoms with E-state index in [1.54, 1.807) is 12.3 Å². The van der Waals surface area contributed by atoms with Crippen molar-refractivity contribution in [2.45, 2.75) is 18.0 Å². The fourth-order valence-corrected chi connectivity index (χ4v) is 2.61. The van der Waals surface area contributed by atoms with Crippen molar-refractivity contribution >= 4 is 16.8 Å². The maximum atomic E-state index is 11.3. The Kier molecular flexibility index (Phi) is 4.93. The minimum atomic E-state index is -1.06. The van der Waals surface area contributed by atoms with Crippen LogP contribution in [0.5, 0.6) is 0 Å². The smallest absolute Gasteiger partial charge is 0.372 e. The van der Waals surface area contributed by atoms with Crippen LogP contribution in [-0.4, -0.2) is 33.5 Å². The minimum Gasteiger partial charge on any atom is -0.475 e. The van der Waals surface area contributed by atoms with Crippen molar-refractivity contribution in [2.75, 3.05) is 13.3 Å². The molecule has 0 aliphatic rings. The van der Waals surface area contributed by atoms with E-state index in [4.69, 9.17) is 9.52 Å². The fraction of sp³-hybridized carbons (Fsp3) is 0.267. The summed E-state index contributed by atoms with van der Waals surface area (Å²) >= 11 is 0. The average Bonchev–Trinajstić information content (AvgIpc) is 2.87. The van der Waals surface area contributed by atoms with Gasteiger partial charge in [-0.1, -0.05) is 12.1 Å². The van der Waals surface area contributed by atoms with Crippen LogP contribution >= 0.6 is 0 Å². The molecule has 2 rings (SSSR count). The van der Waals surface area contributed by atoms with Crippen LogP contribution in [0.2, 0.25) is 0 Å². The summed E-state index contributed by atoms with van der Waals surface area (Å²) in [5.74, 6) is -1.07. The predicted molar refractivity (Wildman–Crippen MR) is 79.6 cm³/mol. The summed E-state index contributed by atoms with van der Waals surface area (Å²) < 4.78 is 16.3. The first-order valence-electron chi connectivity index (χ1n) is 6.38. The van der Waals surface area contributed by atoms with Crippen molar-refractivity contribution in [1.29, 1.82) is 0 Å². The average molecular weight is 307 g/mol. The van der Waals surface area contributed by atoms with Gasteiger partial charge in [-0.15, -0.1) is 0 Å². The first-order valence-corrected chi connectivity index (χ1v) is 7.93. The van der Waals surface area contributed by atoms with Crippen molar-refractivity contribution in [3.05, 3.63) is 53.5 Å². The zero-order valence-corrected chi connectivity index (χ0v) is 12.7. The van der Waals surface area contributed by atoms with E-state index < -0.39 is 16.8 Å². The molecular formula is C15H17NO4S. The molecule has 0 saturated heterocycles. The molecule has 1 unspecified atom stereocenters. The molecule has 21 heavy (non-hydrogen) atoms. The number of rotatable bonds is 6. The maximum Gasteiger partial charge on any atom is 0.372 e. The molecule has 1 aromatic heterocycles. The molecule has 0 radical (unpaired) electrons. The van der Waals surface area contributed by atoms with Crippen molar-refractivity contribution in [1.82, 2.24) is 4.90 Å². The van der Waals surface area contributed by atoms with Crippen LogP contribution in [0.4, 0.5) is 0 Å². The second kappa shape index (κ2) is 6.69. The molecule has 6 heteroatoms. The molecule has 0 spiro atoms. The van der Waals surface area contributed by atoms with E-state index in [1.165, 1.54) is 6.26 Å². The third-order valence-corrected chi connectivity index (χ3v) is 4.03. The van der Waals surface area contributed by atoms with E-state index in [0.717, 1.165) is 10.5 Å². The van der Waals surface area contributed by atoms with E-state index in [9.17, 15) is 9.00 Å². The predicted octanol–water partition coefficient (Wildman–Crippen LogP) is 2.35. The van der Waals surface area contributed by atoms with Crippen molar-refractivity contribution in [2.24, 2.45) is 0 Å². The van der Waals surface area contributed by atoms with Crippen LogP contribution in [0.1, 0.15) is 21.7 Å². The van der Waals surface area contributed by atoms with Crippen LogP contribution in [0, 0.1) is 0 Å². The van der Waals surface area contributed by atoms with E-state index in [-0.39, 0.29) is 5.76 Å². The number of hydrogen-bond acceptors (Lipinski definition) is 4. The Hall–Kier alpha value is -1.92. The van der Waals surface area contributed by atoms with Crippen LogP contribution in [-0.2, 0) is 23.9 Å². The van der Waals surface area contributed by atoms with E-state index >= 15 is 0 Å². The van der Waals surface area contributed by atoms with Gasteiger partial charge in [-0.25, -0.2) is 4.79 Å². The van der Waals surface area contributed by atoms with Gasteiger partial charge in [0.2, 0.25) is 5.76 Å². The number of aromatic carboxylic acids is 1. The highest BCUT2D eigenvalue weighted by molar-refractivity contribution is 7.84. The fourth-order valence-electron chi connectivity index (χ4n) is 2.09. The van der Waals surface area contributed by atoms with Crippen molar-refractivity contribution < 1.29 is 18.5 Å². The Labute approximate surface area is 125 Å². The van der Waals surface area contributed by atoms with Gasteiger partial charge in [0.1, 0.15) is 0 Å². The Morgan fingerprint density at radius 2 is 1.90 bits per heavy atom. The van der Waals surface area contributed by atoms with E-state index in [2.05, 4.69) is 0 Å². The highest BCUT2D eigenvalue weighted by atomic mass is 32.2. The topological polar surface area (TPSA) is 70.8 Å². The highest BCUT2D eigenvalue weighted by Gasteiger charge is 2.15. The summed E-state index contributed by atoms with van der Waals surface area (Å²) in [6.07, 6.45) is 3.03. The number of nitrogens with zero attached hydrogens (tertiary/aromatic N) is 1. The second-order valence-corrected chi connectivity index (χ2v) is 6.23. The molecule has 1 N–H and O–H groups in total. The Balaban J connectivity index is 2.01. The first-order chi connectivity index (χ1) is 9.97. The summed E-state index contributed by atoms with van der Waals surface area (Å²) in [6.45, 7) is 1.15. The number of benzene rings is 1. The Morgan fingerprint density at radius 3 is 2.48 bits per heavy atom. The number of furan rings is 1. The van der Waals surface area contributed by atoms with Gasteiger partial charge < -0.3 is 9.52 Å². The molecule has 0 saturated carbocycles. The zero-order valence-electron chi connectivity index (χ0n) is 11.9. The molecule has 0 fully saturated rings. The third kappa shape index (κ3) is 4.03. The molecule has 0 aliphatic carbocycles. The van der Waals surface area contributed by atoms with Crippen LogP contribution in [0.15, 0.2) is 45.9 Å². The number of hydrogen-bond donors (Lipinski definition) is 1. The lowest BCUT2D eigenvalue weighted by Gasteiger charge is -2.16. The quantitative estimate of drug-likeness (QED) is 0.887. The molecule has 0 aliphatic heterocycles. The van der Waals surface area contributed by atoms with Gasteiger partial charge in [0.15, 0.2) is 0 Å². The molecule has 1 heterocycles. The number of carbonyl (C=O) groups is 1. The summed E-state index contributed by atoms with van der Waals surface area (Å²) in [4.78, 5) is 13.8. The Bertz CT molecular complexity index is 648. The van der Waals surface area contributed by atoms with Gasteiger partial charge >= 0.3 is 5.97 Å². The van der Waals surface area contributed by atoms with Gasteiger partial charge in [0, 0.05) is 40.6 Å². The summed E-state index contributed by atoms with van der Waals surface area (Å²) in [7, 11) is 0.932. The lowest BCUT2D eigenvalue weighted by molar-refractivity contribution is 0.0659. The maximum absolute atomic E-state index is 11.3. The first kappa shape index (κ1) is 15.5. The third-order valence-electron chi connectivity index (χ3n) is 3.09. The largest absolute Gasteiger partial charge is 0.475 e. The molecule has 0 amide bonds. The zero-order chi connectivity index (χ0) is 15.4. The lowest BCUT2D eigenvalue weighted by Crippen LogP contribution is -2.18. The normalized spacial score (nSPS) is 12.5. The summed E-state index contributed by atoms with van der Waals surface area (Å²) in [5.41, 5.74) is 1.73. The minimum absolute atomic E-state index is 0.0152. The van der Waals surface area contributed by atoms with Crippen LogP contribution in [0.25, 0.3) is 0 Å². The van der Waals surface area contributed by atoms with Crippen molar-refractivity contribution in [3.8, 4) is 0 Å². The van der Waals surface area contributed by atoms with E-state index in [0.29, 0.717) is 18.7 Å². The van der Waals surface area contributed by atoms with Crippen LogP contribution < -0.4 is 0 Å². The van der Waals surface area contributed by atoms with Gasteiger partial charge in [-0.05, 0) is 30.8 Å². The van der Waals surface area contributed by atoms with Crippen LogP contribution in [0.3, 0.4) is 0 Å². The van der Waals surface area contributed by atoms with Crippen molar-refractivity contribution in [3.63, 3.8) is 0 Å². The van der Waals surface area contributed by atoms with Gasteiger partial charge in [0.25, 0.3) is 0 Å². The number of carboxylic acid groups (broad SMARTS) is 1. The molecule has 1 aromatic carbocycles. The van der Waals surface area contributed by atoms with Gasteiger partial charge in [0.05, 0.1) is 6.26 Å². The SMILES string of the molecule is CN(Cc1ccc(S(C)=O)cc1)Cc1ccoc1C(=O)O. The number of carboxylic acids is 1. The molecule has 5 nitrogen and oxygen atoms in total.